The van der Waals surface area contributed by atoms with Gasteiger partial charge in [0.15, 0.2) is 0 Å². The zero-order chi connectivity index (χ0) is 10.5. The molecular formula is C12H22O. The minimum Gasteiger partial charge on any atom is -0.234 e. The van der Waals surface area contributed by atoms with Crippen LogP contribution >= 0.6 is 0 Å². The molecule has 0 bridgehead atoms. The quantitative estimate of drug-likeness (QED) is 0.607. The van der Waals surface area contributed by atoms with E-state index >= 15 is 0 Å². The molecule has 0 N–H and O–H groups in total. The van der Waals surface area contributed by atoms with Crippen molar-refractivity contribution in [2.45, 2.75) is 53.9 Å². The summed E-state index contributed by atoms with van der Waals surface area (Å²) in [5.74, 6) is 2.44. The van der Waals surface area contributed by atoms with Gasteiger partial charge in [-0.2, -0.15) is 0 Å². The second-order valence-corrected chi connectivity index (χ2v) is 4.85. The van der Waals surface area contributed by atoms with Gasteiger partial charge in [-0.1, -0.05) is 40.5 Å². The summed E-state index contributed by atoms with van der Waals surface area (Å²) < 4.78 is 0. The summed E-state index contributed by atoms with van der Waals surface area (Å²) in [7, 11) is 0. The average Bonchev–Trinajstić information content (AvgIpc) is 2.02. The third-order valence-corrected chi connectivity index (χ3v) is 2.58. The lowest BCUT2D eigenvalue weighted by Crippen LogP contribution is -2.21. The lowest BCUT2D eigenvalue weighted by molar-refractivity contribution is 0.260. The Morgan fingerprint density at radius 2 is 1.92 bits per heavy atom. The highest BCUT2D eigenvalue weighted by Gasteiger charge is 2.25. The maximum absolute atomic E-state index is 10.6. The molecule has 0 saturated carbocycles. The minimum atomic E-state index is 0.191. The fourth-order valence-electron chi connectivity index (χ4n) is 1.78. The van der Waals surface area contributed by atoms with E-state index in [4.69, 9.17) is 0 Å². The van der Waals surface area contributed by atoms with Gasteiger partial charge in [0, 0.05) is 5.57 Å². The van der Waals surface area contributed by atoms with Crippen molar-refractivity contribution < 1.29 is 4.79 Å². The van der Waals surface area contributed by atoms with Gasteiger partial charge in [0.05, 0.1) is 0 Å². The monoisotopic (exact) mass is 182 g/mol. The fourth-order valence-corrected chi connectivity index (χ4v) is 1.78. The van der Waals surface area contributed by atoms with E-state index in [0.717, 1.165) is 12.0 Å². The third kappa shape index (κ3) is 4.28. The van der Waals surface area contributed by atoms with Gasteiger partial charge in [-0.25, -0.2) is 4.79 Å². The zero-order valence-electron chi connectivity index (χ0n) is 9.61. The molecule has 0 aromatic heterocycles. The Morgan fingerprint density at radius 3 is 2.23 bits per heavy atom. The second-order valence-electron chi connectivity index (χ2n) is 4.85. The van der Waals surface area contributed by atoms with Gasteiger partial charge in [-0.3, -0.25) is 0 Å². The van der Waals surface area contributed by atoms with Crippen molar-refractivity contribution in [2.75, 3.05) is 0 Å². The zero-order valence-corrected chi connectivity index (χ0v) is 9.61. The minimum absolute atomic E-state index is 0.191. The van der Waals surface area contributed by atoms with Crippen LogP contribution in [-0.2, 0) is 4.79 Å². The molecular weight excluding hydrogens is 160 g/mol. The maximum atomic E-state index is 10.6. The molecule has 0 aromatic carbocycles. The predicted octanol–water partition coefficient (Wildman–Crippen LogP) is 3.62. The first-order chi connectivity index (χ1) is 5.93. The molecule has 0 aliphatic heterocycles. The summed E-state index contributed by atoms with van der Waals surface area (Å²) in [6.45, 7) is 10.6. The van der Waals surface area contributed by atoms with Crippen LogP contribution in [0.1, 0.15) is 53.9 Å². The molecule has 0 radical (unpaired) electrons. The van der Waals surface area contributed by atoms with E-state index in [0.29, 0.717) is 5.92 Å². The molecule has 0 aromatic rings. The highest BCUT2D eigenvalue weighted by molar-refractivity contribution is 5.52. The smallest absolute Gasteiger partial charge is 0.123 e. The normalized spacial score (nSPS) is 13.6. The Balaban J connectivity index is 4.47. The molecule has 0 heterocycles. The molecule has 0 rings (SSSR count). The molecule has 0 amide bonds. The molecule has 1 heteroatoms. The molecule has 1 nitrogen and oxygen atoms in total. The number of unbranched alkanes of at least 4 members (excludes halogenated alkanes) is 1. The molecule has 13 heavy (non-hydrogen) atoms. The van der Waals surface area contributed by atoms with E-state index in [9.17, 15) is 4.79 Å². The highest BCUT2D eigenvalue weighted by Crippen LogP contribution is 2.34. The fraction of sp³-hybridized carbons (Fsp3) is 0.833. The van der Waals surface area contributed by atoms with Crippen LogP contribution in [0.25, 0.3) is 0 Å². The Hall–Kier alpha value is -0.550. The summed E-state index contributed by atoms with van der Waals surface area (Å²) in [6, 6.07) is 0. The van der Waals surface area contributed by atoms with Crippen molar-refractivity contribution in [3.05, 3.63) is 5.57 Å². The van der Waals surface area contributed by atoms with Gasteiger partial charge in [-0.05, 0) is 24.7 Å². The van der Waals surface area contributed by atoms with Crippen LogP contribution in [0.3, 0.4) is 0 Å². The highest BCUT2D eigenvalue weighted by atomic mass is 16.1. The summed E-state index contributed by atoms with van der Waals surface area (Å²) in [4.78, 5) is 10.6. The van der Waals surface area contributed by atoms with Crippen molar-refractivity contribution in [2.24, 2.45) is 11.3 Å². The van der Waals surface area contributed by atoms with Crippen LogP contribution in [0.2, 0.25) is 0 Å². The predicted molar refractivity (Wildman–Crippen MR) is 57.4 cm³/mol. The van der Waals surface area contributed by atoms with Gasteiger partial charge < -0.3 is 0 Å². The van der Waals surface area contributed by atoms with Crippen molar-refractivity contribution in [1.82, 2.24) is 0 Å². The Bertz CT molecular complexity index is 192. The second kappa shape index (κ2) is 5.24. The number of carbonyl (C=O) groups excluding carboxylic acids is 1. The number of rotatable bonds is 4. The van der Waals surface area contributed by atoms with Crippen molar-refractivity contribution in [3.8, 4) is 0 Å². The first kappa shape index (κ1) is 12.4. The average molecular weight is 182 g/mol. The molecule has 0 aliphatic rings. The van der Waals surface area contributed by atoms with Crippen molar-refractivity contribution in [1.29, 1.82) is 0 Å². The number of hydrogen-bond donors (Lipinski definition) is 0. The number of hydrogen-bond acceptors (Lipinski definition) is 1. The molecule has 0 spiro atoms. The first-order valence-electron chi connectivity index (χ1n) is 5.15. The van der Waals surface area contributed by atoms with E-state index in [1.54, 1.807) is 0 Å². The van der Waals surface area contributed by atoms with Crippen LogP contribution in [0.15, 0.2) is 5.57 Å². The lowest BCUT2D eigenvalue weighted by Gasteiger charge is -2.30. The Labute approximate surface area is 82.2 Å². The van der Waals surface area contributed by atoms with Crippen molar-refractivity contribution >= 4 is 5.94 Å². The van der Waals surface area contributed by atoms with Crippen LogP contribution in [0, 0.1) is 11.3 Å². The summed E-state index contributed by atoms with van der Waals surface area (Å²) in [5.41, 5.74) is 1.07. The van der Waals surface area contributed by atoms with E-state index < -0.39 is 0 Å². The van der Waals surface area contributed by atoms with E-state index in [2.05, 4.69) is 27.7 Å². The number of allylic oxidation sites excluding steroid dienone is 1. The summed E-state index contributed by atoms with van der Waals surface area (Å²) in [6.07, 6.45) is 3.50. The van der Waals surface area contributed by atoms with E-state index in [-0.39, 0.29) is 5.41 Å². The molecule has 0 saturated heterocycles. The Kier molecular flexibility index (Phi) is 5.02. The summed E-state index contributed by atoms with van der Waals surface area (Å²) >= 11 is 0. The standard InChI is InChI=1S/C12H22O/c1-6-7-8-11(10(2)9-13)12(3,4)5/h11H,6-8H2,1-5H3. The molecule has 1 atom stereocenters. The largest absolute Gasteiger partial charge is 0.234 e. The Morgan fingerprint density at radius 1 is 1.38 bits per heavy atom. The molecule has 0 aliphatic carbocycles. The van der Waals surface area contributed by atoms with E-state index in [1.165, 1.54) is 12.8 Å². The van der Waals surface area contributed by atoms with Gasteiger partial charge >= 0.3 is 0 Å². The SMILES string of the molecule is CCCCC(C(C)=C=O)C(C)(C)C. The van der Waals surface area contributed by atoms with Crippen molar-refractivity contribution in [3.63, 3.8) is 0 Å². The van der Waals surface area contributed by atoms with Gasteiger partial charge in [-0.15, -0.1) is 0 Å². The van der Waals surface area contributed by atoms with E-state index in [1.807, 2.05) is 12.9 Å². The van der Waals surface area contributed by atoms with Crippen LogP contribution < -0.4 is 0 Å². The maximum Gasteiger partial charge on any atom is 0.123 e. The third-order valence-electron chi connectivity index (χ3n) is 2.58. The molecule has 1 unspecified atom stereocenters. The summed E-state index contributed by atoms with van der Waals surface area (Å²) in [5, 5.41) is 0. The van der Waals surface area contributed by atoms with Gasteiger partial charge in [0.1, 0.15) is 5.94 Å². The molecule has 0 fully saturated rings. The molecule has 76 valence electrons. The van der Waals surface area contributed by atoms with Gasteiger partial charge in [0.2, 0.25) is 0 Å². The van der Waals surface area contributed by atoms with Crippen LogP contribution in [0.4, 0.5) is 0 Å². The lowest BCUT2D eigenvalue weighted by atomic mass is 9.74. The van der Waals surface area contributed by atoms with Gasteiger partial charge in [0.25, 0.3) is 0 Å². The van der Waals surface area contributed by atoms with Crippen LogP contribution in [-0.4, -0.2) is 5.94 Å². The van der Waals surface area contributed by atoms with Crippen LogP contribution in [0.5, 0.6) is 0 Å². The first-order valence-corrected chi connectivity index (χ1v) is 5.15. The topological polar surface area (TPSA) is 17.1 Å².